The second-order valence-electron chi connectivity index (χ2n) is 11.8. The van der Waals surface area contributed by atoms with Crippen molar-refractivity contribution in [2.24, 2.45) is 9.98 Å². The summed E-state index contributed by atoms with van der Waals surface area (Å²) in [6.07, 6.45) is 8.31. The molecule has 1 aliphatic rings. The smallest absolute Gasteiger partial charge is 0.111 e. The Bertz CT molecular complexity index is 2660. The summed E-state index contributed by atoms with van der Waals surface area (Å²) in [5.41, 5.74) is 7.04. The molecule has 0 fully saturated rings. The van der Waals surface area contributed by atoms with E-state index in [0.717, 1.165) is 39.6 Å². The molecule has 2 heterocycles. The quantitative estimate of drug-likeness (QED) is 0.139. The standard InChI is InChI=1S/C43H29N3S/c1-28(44-41(29-16-4-2-5-17-29)33-22-10-13-25-36(33)45-30-18-6-3-7-19-30)46-37-26-14-11-23-34(37)39-40-35-24-12-15-27-38(35)47-43(40)32-21-9-8-20-31(32)42(39)46/h2-27H,1H3/b41-33-,44-28?,45-36?. The molecule has 6 aromatic carbocycles. The van der Waals surface area contributed by atoms with Gasteiger partial charge < -0.3 is 0 Å². The van der Waals surface area contributed by atoms with Gasteiger partial charge in [0.1, 0.15) is 5.84 Å². The molecule has 0 atom stereocenters. The normalized spacial score (nSPS) is 15.6. The number of aromatic nitrogens is 1. The maximum atomic E-state index is 5.54. The molecule has 9 rings (SSSR count). The van der Waals surface area contributed by atoms with Gasteiger partial charge in [0, 0.05) is 52.9 Å². The highest BCUT2D eigenvalue weighted by atomic mass is 32.1. The molecule has 0 N–H and O–H groups in total. The van der Waals surface area contributed by atoms with Crippen LogP contribution in [-0.2, 0) is 0 Å². The van der Waals surface area contributed by atoms with E-state index >= 15 is 0 Å². The Morgan fingerprint density at radius 3 is 2.04 bits per heavy atom. The van der Waals surface area contributed by atoms with E-state index in [2.05, 4.69) is 127 Å². The lowest BCUT2D eigenvalue weighted by molar-refractivity contribution is 1.24. The average molecular weight is 620 g/mol. The summed E-state index contributed by atoms with van der Waals surface area (Å²) in [7, 11) is 0. The van der Waals surface area contributed by atoms with Gasteiger partial charge in [0.15, 0.2) is 0 Å². The Morgan fingerprint density at radius 1 is 0.596 bits per heavy atom. The highest BCUT2D eigenvalue weighted by molar-refractivity contribution is 7.27. The van der Waals surface area contributed by atoms with Crippen LogP contribution in [0.3, 0.4) is 0 Å². The molecule has 0 unspecified atom stereocenters. The van der Waals surface area contributed by atoms with Gasteiger partial charge in [-0.1, -0.05) is 127 Å². The summed E-state index contributed by atoms with van der Waals surface area (Å²) >= 11 is 1.89. The minimum atomic E-state index is 0.883. The van der Waals surface area contributed by atoms with Crippen LogP contribution in [0.15, 0.2) is 173 Å². The van der Waals surface area contributed by atoms with E-state index in [1.54, 1.807) is 0 Å². The van der Waals surface area contributed by atoms with E-state index in [-0.39, 0.29) is 0 Å². The fraction of sp³-hybridized carbons (Fsp3) is 0.0233. The first-order valence-electron chi connectivity index (χ1n) is 15.9. The van der Waals surface area contributed by atoms with E-state index < -0.39 is 0 Å². The Labute approximate surface area is 276 Å². The maximum absolute atomic E-state index is 5.54. The number of fused-ring (bicyclic) bond motifs is 10. The summed E-state index contributed by atoms with van der Waals surface area (Å²) in [4.78, 5) is 10.6. The monoisotopic (exact) mass is 619 g/mol. The summed E-state index contributed by atoms with van der Waals surface area (Å²) < 4.78 is 5.01. The summed E-state index contributed by atoms with van der Waals surface area (Å²) in [5.74, 6) is 0.897. The first kappa shape index (κ1) is 27.5. The molecule has 2 aromatic heterocycles. The predicted molar refractivity (Wildman–Crippen MR) is 204 cm³/mol. The number of allylic oxidation sites excluding steroid dienone is 5. The third kappa shape index (κ3) is 4.49. The van der Waals surface area contributed by atoms with Gasteiger partial charge in [-0.15, -0.1) is 11.3 Å². The van der Waals surface area contributed by atoms with Gasteiger partial charge in [-0.3, -0.25) is 4.57 Å². The van der Waals surface area contributed by atoms with E-state index in [1.165, 1.54) is 47.2 Å². The Kier molecular flexibility index (Phi) is 6.54. The largest absolute Gasteiger partial charge is 0.297 e. The number of nitrogens with zero attached hydrogens (tertiary/aromatic N) is 3. The molecule has 0 radical (unpaired) electrons. The van der Waals surface area contributed by atoms with Crippen molar-refractivity contribution in [2.75, 3.05) is 0 Å². The zero-order chi connectivity index (χ0) is 31.3. The highest BCUT2D eigenvalue weighted by Gasteiger charge is 2.22. The van der Waals surface area contributed by atoms with Crippen molar-refractivity contribution in [3.05, 3.63) is 169 Å². The molecule has 3 nitrogen and oxygen atoms in total. The first-order valence-corrected chi connectivity index (χ1v) is 16.7. The van der Waals surface area contributed by atoms with Gasteiger partial charge >= 0.3 is 0 Å². The molecule has 0 amide bonds. The third-order valence-electron chi connectivity index (χ3n) is 8.96. The Hall–Kier alpha value is -5.84. The highest BCUT2D eigenvalue weighted by Crippen LogP contribution is 2.47. The van der Waals surface area contributed by atoms with Crippen molar-refractivity contribution < 1.29 is 0 Å². The second-order valence-corrected chi connectivity index (χ2v) is 12.8. The van der Waals surface area contributed by atoms with Gasteiger partial charge in [0.2, 0.25) is 0 Å². The molecular weight excluding hydrogens is 591 g/mol. The van der Waals surface area contributed by atoms with Crippen molar-refractivity contribution in [1.82, 2.24) is 4.57 Å². The zero-order valence-electron chi connectivity index (χ0n) is 25.8. The van der Waals surface area contributed by atoms with Crippen LogP contribution in [0.5, 0.6) is 0 Å². The van der Waals surface area contributed by atoms with Gasteiger partial charge in [-0.2, -0.15) is 0 Å². The van der Waals surface area contributed by atoms with Gasteiger partial charge in [0.05, 0.1) is 28.1 Å². The molecular formula is C43H29N3S. The molecule has 0 spiro atoms. The van der Waals surface area contributed by atoms with E-state index in [4.69, 9.17) is 9.98 Å². The number of rotatable bonds is 3. The molecule has 0 saturated carbocycles. The molecule has 1 aliphatic carbocycles. The molecule has 4 heteroatoms. The van der Waals surface area contributed by atoms with Crippen LogP contribution in [0, 0.1) is 0 Å². The number of hydrogen-bond donors (Lipinski definition) is 0. The maximum Gasteiger partial charge on any atom is 0.111 e. The first-order chi connectivity index (χ1) is 23.3. The number of thiophene rings is 1. The molecule has 8 aromatic rings. The molecule has 0 saturated heterocycles. The number of aliphatic imine (C=N–C) groups is 2. The Morgan fingerprint density at radius 2 is 1.23 bits per heavy atom. The van der Waals surface area contributed by atoms with Crippen molar-refractivity contribution in [3.8, 4) is 0 Å². The van der Waals surface area contributed by atoms with Crippen LogP contribution in [0.4, 0.5) is 5.69 Å². The summed E-state index contributed by atoms with van der Waals surface area (Å²) in [6, 6.07) is 47.0. The molecule has 0 bridgehead atoms. The lowest BCUT2D eigenvalue weighted by Crippen LogP contribution is -2.10. The Balaban J connectivity index is 1.40. The second kappa shape index (κ2) is 11.2. The topological polar surface area (TPSA) is 29.6 Å². The average Bonchev–Trinajstić information content (AvgIpc) is 3.69. The van der Waals surface area contributed by atoms with E-state index in [1.807, 2.05) is 53.8 Å². The van der Waals surface area contributed by atoms with Crippen molar-refractivity contribution in [2.45, 2.75) is 6.92 Å². The number of hydrogen-bond acceptors (Lipinski definition) is 3. The van der Waals surface area contributed by atoms with Crippen LogP contribution in [0.1, 0.15) is 12.5 Å². The van der Waals surface area contributed by atoms with Crippen LogP contribution in [0.2, 0.25) is 0 Å². The predicted octanol–water partition coefficient (Wildman–Crippen LogP) is 11.9. The van der Waals surface area contributed by atoms with Crippen LogP contribution < -0.4 is 0 Å². The summed E-state index contributed by atoms with van der Waals surface area (Å²) in [6.45, 7) is 2.14. The van der Waals surface area contributed by atoms with Crippen LogP contribution in [0.25, 0.3) is 58.4 Å². The molecule has 0 aliphatic heterocycles. The SMILES string of the molecule is CC(=N/C(=C1/C=CC=CC1=Nc1ccccc1)c1ccccc1)n1c2ccccc2c2c3c4ccccc4sc3c3ccccc3c21. The van der Waals surface area contributed by atoms with Crippen molar-refractivity contribution in [3.63, 3.8) is 0 Å². The number of para-hydroxylation sites is 2. The lowest BCUT2D eigenvalue weighted by Gasteiger charge is -2.15. The van der Waals surface area contributed by atoms with Gasteiger partial charge in [-0.05, 0) is 37.3 Å². The molecule has 222 valence electrons. The van der Waals surface area contributed by atoms with Gasteiger partial charge in [0.25, 0.3) is 0 Å². The lowest BCUT2D eigenvalue weighted by atomic mass is 9.98. The third-order valence-corrected chi connectivity index (χ3v) is 10.2. The van der Waals surface area contributed by atoms with Crippen LogP contribution >= 0.6 is 11.3 Å². The fourth-order valence-electron chi connectivity index (χ4n) is 6.96. The van der Waals surface area contributed by atoms with Crippen molar-refractivity contribution in [1.29, 1.82) is 0 Å². The zero-order valence-corrected chi connectivity index (χ0v) is 26.6. The minimum Gasteiger partial charge on any atom is -0.297 e. The van der Waals surface area contributed by atoms with Gasteiger partial charge in [-0.25, -0.2) is 9.98 Å². The van der Waals surface area contributed by atoms with Crippen LogP contribution in [-0.4, -0.2) is 16.1 Å². The molecule has 47 heavy (non-hydrogen) atoms. The summed E-state index contributed by atoms with van der Waals surface area (Å²) in [5, 5.41) is 7.63. The number of benzene rings is 6. The van der Waals surface area contributed by atoms with E-state index in [9.17, 15) is 0 Å². The minimum absolute atomic E-state index is 0.883. The fourth-order valence-corrected chi connectivity index (χ4v) is 8.20. The van der Waals surface area contributed by atoms with Crippen molar-refractivity contribution >= 4 is 87.0 Å². The van der Waals surface area contributed by atoms with E-state index in [0.29, 0.717) is 0 Å².